The summed E-state index contributed by atoms with van der Waals surface area (Å²) in [5.41, 5.74) is 0.384. The Morgan fingerprint density at radius 3 is 1.81 bits per heavy atom. The summed E-state index contributed by atoms with van der Waals surface area (Å²) in [4.78, 5) is 22.8. The van der Waals surface area contributed by atoms with Crippen molar-refractivity contribution in [3.05, 3.63) is 29.8 Å². The average Bonchev–Trinajstić information content (AvgIpc) is 2.65. The maximum absolute atomic E-state index is 11.4. The minimum absolute atomic E-state index is 0.0550. The van der Waals surface area contributed by atoms with Gasteiger partial charge in [0.05, 0.1) is 32.8 Å². The summed E-state index contributed by atoms with van der Waals surface area (Å²) in [6.45, 7) is 3.93. The number of carbonyl (C=O) groups excluding carboxylic acids is 2. The number of benzene rings is 1. The Morgan fingerprint density at radius 2 is 1.46 bits per heavy atom. The van der Waals surface area contributed by atoms with E-state index in [-0.39, 0.29) is 43.7 Å². The number of ether oxygens (including phenoxy) is 1. The van der Waals surface area contributed by atoms with Crippen LogP contribution < -0.4 is 4.74 Å². The number of aliphatic hydroxyl groups is 3. The molecule has 1 aromatic rings. The Morgan fingerprint density at radius 1 is 0.962 bits per heavy atom. The fourth-order valence-corrected chi connectivity index (χ4v) is 2.71. The van der Waals surface area contributed by atoms with Crippen molar-refractivity contribution in [2.75, 3.05) is 26.4 Å². The van der Waals surface area contributed by atoms with Gasteiger partial charge in [-0.05, 0) is 37.0 Å². The zero-order valence-electron chi connectivity index (χ0n) is 15.6. The SMILES string of the molecule is CCC(CO)(CO)CO.CCOc1ccc(C2CC(=O)CC(=O)C2)cc1. The van der Waals surface area contributed by atoms with Gasteiger partial charge in [0.1, 0.15) is 17.3 Å². The van der Waals surface area contributed by atoms with Gasteiger partial charge < -0.3 is 20.1 Å². The highest BCUT2D eigenvalue weighted by Crippen LogP contribution is 2.30. The molecule has 26 heavy (non-hydrogen) atoms. The first kappa shape index (κ1) is 22.3. The molecule has 3 N–H and O–H groups in total. The van der Waals surface area contributed by atoms with Gasteiger partial charge in [0.15, 0.2) is 0 Å². The van der Waals surface area contributed by atoms with Crippen molar-refractivity contribution in [1.82, 2.24) is 0 Å². The molecule has 1 aliphatic carbocycles. The lowest BCUT2D eigenvalue weighted by Gasteiger charge is -2.24. The average molecular weight is 366 g/mol. The normalized spacial score (nSPS) is 15.4. The maximum Gasteiger partial charge on any atom is 0.140 e. The second-order valence-corrected chi connectivity index (χ2v) is 6.69. The fourth-order valence-electron chi connectivity index (χ4n) is 2.71. The van der Waals surface area contributed by atoms with E-state index in [1.807, 2.05) is 38.1 Å². The fraction of sp³-hybridized carbons (Fsp3) is 0.600. The highest BCUT2D eigenvalue weighted by molar-refractivity contribution is 6.02. The van der Waals surface area contributed by atoms with Gasteiger partial charge in [0.2, 0.25) is 0 Å². The number of rotatable bonds is 7. The molecule has 0 spiro atoms. The summed E-state index contributed by atoms with van der Waals surface area (Å²) in [5.74, 6) is 0.990. The largest absolute Gasteiger partial charge is 0.494 e. The molecule has 0 unspecified atom stereocenters. The molecule has 0 atom stereocenters. The number of Topliss-reactive ketones (excluding diaryl/α,β-unsaturated/α-hetero) is 2. The molecular formula is C20H30O6. The van der Waals surface area contributed by atoms with Crippen LogP contribution in [-0.4, -0.2) is 53.3 Å². The van der Waals surface area contributed by atoms with Crippen molar-refractivity contribution in [3.8, 4) is 5.75 Å². The van der Waals surface area contributed by atoms with Gasteiger partial charge in [-0.25, -0.2) is 0 Å². The van der Waals surface area contributed by atoms with Crippen molar-refractivity contribution in [2.24, 2.45) is 5.41 Å². The first-order valence-corrected chi connectivity index (χ1v) is 9.02. The molecule has 0 radical (unpaired) electrons. The zero-order valence-corrected chi connectivity index (χ0v) is 15.6. The van der Waals surface area contributed by atoms with E-state index >= 15 is 0 Å². The Kier molecular flexibility index (Phi) is 9.48. The molecule has 0 aliphatic heterocycles. The lowest BCUT2D eigenvalue weighted by molar-refractivity contribution is -0.130. The van der Waals surface area contributed by atoms with Crippen LogP contribution in [0.4, 0.5) is 0 Å². The molecule has 1 fully saturated rings. The summed E-state index contributed by atoms with van der Waals surface area (Å²) in [6.07, 6.45) is 1.68. The number of hydrogen-bond acceptors (Lipinski definition) is 6. The molecule has 6 nitrogen and oxygen atoms in total. The van der Waals surface area contributed by atoms with Gasteiger partial charge in [0.25, 0.3) is 0 Å². The topological polar surface area (TPSA) is 104 Å². The predicted octanol–water partition coefficient (Wildman–Crippen LogP) is 1.85. The van der Waals surface area contributed by atoms with E-state index in [0.29, 0.717) is 25.9 Å². The van der Waals surface area contributed by atoms with Crippen LogP contribution in [0.3, 0.4) is 0 Å². The lowest BCUT2D eigenvalue weighted by atomic mass is 9.83. The molecule has 1 saturated carbocycles. The van der Waals surface area contributed by atoms with Crippen LogP contribution >= 0.6 is 0 Å². The smallest absolute Gasteiger partial charge is 0.140 e. The first-order valence-electron chi connectivity index (χ1n) is 9.02. The summed E-state index contributed by atoms with van der Waals surface area (Å²) in [6, 6.07) is 7.67. The monoisotopic (exact) mass is 366 g/mol. The molecule has 6 heteroatoms. The lowest BCUT2D eigenvalue weighted by Crippen LogP contribution is -2.32. The van der Waals surface area contributed by atoms with Crippen LogP contribution in [0.25, 0.3) is 0 Å². The number of hydrogen-bond donors (Lipinski definition) is 3. The van der Waals surface area contributed by atoms with E-state index < -0.39 is 5.41 Å². The number of ketones is 2. The molecule has 0 heterocycles. The van der Waals surface area contributed by atoms with Gasteiger partial charge >= 0.3 is 0 Å². The molecule has 0 aromatic heterocycles. The van der Waals surface area contributed by atoms with Gasteiger partial charge in [-0.15, -0.1) is 0 Å². The molecule has 1 aromatic carbocycles. The summed E-state index contributed by atoms with van der Waals surface area (Å²) in [7, 11) is 0. The molecule has 0 bridgehead atoms. The van der Waals surface area contributed by atoms with E-state index in [0.717, 1.165) is 11.3 Å². The quantitative estimate of drug-likeness (QED) is 0.636. The highest BCUT2D eigenvalue weighted by atomic mass is 16.5. The molecule has 1 aliphatic rings. The minimum atomic E-state index is -0.667. The summed E-state index contributed by atoms with van der Waals surface area (Å²) < 4.78 is 5.36. The number of aliphatic hydroxyl groups excluding tert-OH is 3. The molecule has 2 rings (SSSR count). The van der Waals surface area contributed by atoms with Crippen molar-refractivity contribution >= 4 is 11.6 Å². The van der Waals surface area contributed by atoms with Crippen molar-refractivity contribution in [2.45, 2.75) is 45.4 Å². The van der Waals surface area contributed by atoms with Crippen LogP contribution in [0.1, 0.15) is 51.0 Å². The Bertz CT molecular complexity index is 529. The predicted molar refractivity (Wildman–Crippen MR) is 98.2 cm³/mol. The van der Waals surface area contributed by atoms with Crippen molar-refractivity contribution in [3.63, 3.8) is 0 Å². The van der Waals surface area contributed by atoms with Crippen LogP contribution in [0.2, 0.25) is 0 Å². The summed E-state index contributed by atoms with van der Waals surface area (Å²) in [5, 5.41) is 26.0. The maximum atomic E-state index is 11.4. The standard InChI is InChI=1S/C14H16O3.C6H14O3/c1-2-17-14-5-3-10(4-6-14)11-7-12(15)9-13(16)8-11;1-2-6(3-7,4-8)5-9/h3-6,11H,2,7-9H2,1H3;7-9H,2-5H2,1H3. The second-order valence-electron chi connectivity index (χ2n) is 6.69. The van der Waals surface area contributed by atoms with E-state index in [1.165, 1.54) is 0 Å². The Labute approximate surface area is 154 Å². The first-order chi connectivity index (χ1) is 12.4. The summed E-state index contributed by atoms with van der Waals surface area (Å²) >= 11 is 0. The minimum Gasteiger partial charge on any atom is -0.494 e. The zero-order chi connectivity index (χ0) is 19.6. The van der Waals surface area contributed by atoms with Crippen LogP contribution in [-0.2, 0) is 9.59 Å². The molecular weight excluding hydrogens is 336 g/mol. The van der Waals surface area contributed by atoms with Gasteiger partial charge in [-0.1, -0.05) is 19.1 Å². The number of carbonyl (C=O) groups is 2. The molecule has 0 amide bonds. The van der Waals surface area contributed by atoms with Crippen molar-refractivity contribution < 1.29 is 29.6 Å². The van der Waals surface area contributed by atoms with Crippen molar-refractivity contribution in [1.29, 1.82) is 0 Å². The van der Waals surface area contributed by atoms with Crippen LogP contribution in [0.15, 0.2) is 24.3 Å². The Hall–Kier alpha value is -1.76. The third-order valence-corrected chi connectivity index (χ3v) is 4.76. The molecule has 0 saturated heterocycles. The van der Waals surface area contributed by atoms with Gasteiger partial charge in [-0.2, -0.15) is 0 Å². The molecule has 146 valence electrons. The highest BCUT2D eigenvalue weighted by Gasteiger charge is 2.26. The Balaban J connectivity index is 0.000000321. The van der Waals surface area contributed by atoms with E-state index in [1.54, 1.807) is 0 Å². The third kappa shape index (κ3) is 6.52. The van der Waals surface area contributed by atoms with Gasteiger partial charge in [0, 0.05) is 18.3 Å². The van der Waals surface area contributed by atoms with E-state index in [9.17, 15) is 9.59 Å². The van der Waals surface area contributed by atoms with Gasteiger partial charge in [-0.3, -0.25) is 9.59 Å². The second kappa shape index (κ2) is 11.1. The van der Waals surface area contributed by atoms with E-state index in [2.05, 4.69) is 0 Å². The van der Waals surface area contributed by atoms with Crippen LogP contribution in [0, 0.1) is 5.41 Å². The van der Waals surface area contributed by atoms with Crippen LogP contribution in [0.5, 0.6) is 5.75 Å². The third-order valence-electron chi connectivity index (χ3n) is 4.76. The van der Waals surface area contributed by atoms with E-state index in [4.69, 9.17) is 20.1 Å².